The van der Waals surface area contributed by atoms with Gasteiger partial charge in [-0.05, 0) is 26.0 Å². The van der Waals surface area contributed by atoms with Gasteiger partial charge in [0.2, 0.25) is 5.91 Å². The zero-order valence-corrected chi connectivity index (χ0v) is 14.8. The van der Waals surface area contributed by atoms with E-state index < -0.39 is 0 Å². The number of nitrogens with zero attached hydrogens (tertiary/aromatic N) is 3. The maximum absolute atomic E-state index is 12.6. The van der Waals surface area contributed by atoms with E-state index in [0.29, 0.717) is 31.5 Å². The number of rotatable bonds is 5. The number of anilines is 1. The van der Waals surface area contributed by atoms with E-state index in [9.17, 15) is 4.79 Å². The zero-order chi connectivity index (χ0) is 16.9. The van der Waals surface area contributed by atoms with Crippen molar-refractivity contribution in [3.63, 3.8) is 0 Å². The van der Waals surface area contributed by atoms with Crippen molar-refractivity contribution >= 4 is 34.4 Å². The van der Waals surface area contributed by atoms with Crippen LogP contribution in [0.5, 0.6) is 0 Å². The van der Waals surface area contributed by atoms with Gasteiger partial charge < -0.3 is 15.0 Å². The molecule has 1 aliphatic rings. The van der Waals surface area contributed by atoms with E-state index in [1.54, 1.807) is 0 Å². The van der Waals surface area contributed by atoms with E-state index in [1.165, 1.54) is 11.8 Å². The summed E-state index contributed by atoms with van der Waals surface area (Å²) in [6, 6.07) is 7.91. The van der Waals surface area contributed by atoms with Gasteiger partial charge in [-0.15, -0.1) is 0 Å². The predicted octanol–water partition coefficient (Wildman–Crippen LogP) is 2.40. The summed E-state index contributed by atoms with van der Waals surface area (Å²) in [5.41, 5.74) is 0.886. The molecule has 0 spiro atoms. The maximum Gasteiger partial charge on any atom is 0.236 e. The van der Waals surface area contributed by atoms with E-state index in [2.05, 4.69) is 15.3 Å². The molecule has 1 N–H and O–H groups in total. The highest BCUT2D eigenvalue weighted by atomic mass is 32.2. The monoisotopic (exact) mass is 346 g/mol. The first-order chi connectivity index (χ1) is 11.7. The van der Waals surface area contributed by atoms with Crippen molar-refractivity contribution in [3.8, 4) is 0 Å². The molecule has 3 rings (SSSR count). The van der Waals surface area contributed by atoms with Crippen LogP contribution in [0, 0.1) is 0 Å². The average molecular weight is 346 g/mol. The smallest absolute Gasteiger partial charge is 0.236 e. The van der Waals surface area contributed by atoms with Gasteiger partial charge in [0.25, 0.3) is 0 Å². The molecule has 128 valence electrons. The van der Waals surface area contributed by atoms with E-state index in [-0.39, 0.29) is 11.2 Å². The van der Waals surface area contributed by atoms with Gasteiger partial charge >= 0.3 is 0 Å². The molecule has 0 bridgehead atoms. The van der Waals surface area contributed by atoms with Crippen LogP contribution in [0.25, 0.3) is 10.9 Å². The number of nitrogens with one attached hydrogen (secondary N) is 1. The first kappa shape index (κ1) is 17.0. The summed E-state index contributed by atoms with van der Waals surface area (Å²) in [4.78, 5) is 23.6. The minimum atomic E-state index is -0.223. The van der Waals surface area contributed by atoms with Crippen molar-refractivity contribution in [3.05, 3.63) is 24.3 Å². The molecule has 1 aliphatic heterocycles. The largest absolute Gasteiger partial charge is 0.378 e. The summed E-state index contributed by atoms with van der Waals surface area (Å²) in [6.07, 6.45) is 0. The van der Waals surface area contributed by atoms with Crippen molar-refractivity contribution in [1.29, 1.82) is 0 Å². The Labute approximate surface area is 146 Å². The van der Waals surface area contributed by atoms with Gasteiger partial charge in [-0.25, -0.2) is 9.97 Å². The van der Waals surface area contributed by atoms with Crippen LogP contribution in [0.4, 0.5) is 5.82 Å². The Hall–Kier alpha value is -1.86. The van der Waals surface area contributed by atoms with Crippen molar-refractivity contribution < 1.29 is 9.53 Å². The first-order valence-electron chi connectivity index (χ1n) is 8.23. The minimum Gasteiger partial charge on any atom is -0.378 e. The van der Waals surface area contributed by atoms with Crippen LogP contribution in [0.1, 0.15) is 13.8 Å². The third-order valence-corrected chi connectivity index (χ3v) is 4.83. The topological polar surface area (TPSA) is 67.4 Å². The van der Waals surface area contributed by atoms with Crippen molar-refractivity contribution in [1.82, 2.24) is 14.9 Å². The molecular weight excluding hydrogens is 324 g/mol. The Balaban J connectivity index is 1.79. The quantitative estimate of drug-likeness (QED) is 0.662. The molecule has 7 heteroatoms. The summed E-state index contributed by atoms with van der Waals surface area (Å²) in [7, 11) is 0. The number of carbonyl (C=O) groups is 1. The van der Waals surface area contributed by atoms with E-state index in [0.717, 1.165) is 23.3 Å². The highest BCUT2D eigenvalue weighted by Gasteiger charge is 2.24. The number of ether oxygens (including phenoxy) is 1. The van der Waals surface area contributed by atoms with Crippen LogP contribution < -0.4 is 5.32 Å². The van der Waals surface area contributed by atoms with Crippen LogP contribution in [0.2, 0.25) is 0 Å². The fourth-order valence-electron chi connectivity index (χ4n) is 2.66. The Morgan fingerprint density at radius 2 is 2.08 bits per heavy atom. The Morgan fingerprint density at radius 1 is 1.33 bits per heavy atom. The zero-order valence-electron chi connectivity index (χ0n) is 14.0. The number of thioether (sulfide) groups is 1. The molecule has 1 aromatic heterocycles. The van der Waals surface area contributed by atoms with Crippen LogP contribution in [0.15, 0.2) is 29.4 Å². The van der Waals surface area contributed by atoms with Gasteiger partial charge in [-0.1, -0.05) is 23.9 Å². The molecule has 2 aromatic rings. The lowest BCUT2D eigenvalue weighted by Crippen LogP contribution is -2.44. The van der Waals surface area contributed by atoms with E-state index in [1.807, 2.05) is 43.0 Å². The van der Waals surface area contributed by atoms with Gasteiger partial charge in [-0.3, -0.25) is 4.79 Å². The van der Waals surface area contributed by atoms with Crippen molar-refractivity contribution in [2.24, 2.45) is 0 Å². The first-order valence-corrected chi connectivity index (χ1v) is 9.11. The molecule has 0 unspecified atom stereocenters. The predicted molar refractivity (Wildman–Crippen MR) is 96.4 cm³/mol. The van der Waals surface area contributed by atoms with Crippen molar-refractivity contribution in [2.75, 3.05) is 38.2 Å². The maximum atomic E-state index is 12.6. The van der Waals surface area contributed by atoms with Crippen LogP contribution in [0.3, 0.4) is 0 Å². The van der Waals surface area contributed by atoms with Crippen molar-refractivity contribution in [2.45, 2.75) is 24.3 Å². The van der Waals surface area contributed by atoms with Gasteiger partial charge in [-0.2, -0.15) is 0 Å². The molecule has 1 amide bonds. The average Bonchev–Trinajstić information content (AvgIpc) is 2.62. The number of morpholine rings is 1. The number of fused-ring (bicyclic) bond motifs is 1. The number of para-hydroxylation sites is 1. The fraction of sp³-hybridized carbons (Fsp3) is 0.471. The molecular formula is C17H22N4O2S. The second-order valence-corrected chi connectivity index (χ2v) is 6.91. The summed E-state index contributed by atoms with van der Waals surface area (Å²) in [5, 5.41) is 4.68. The summed E-state index contributed by atoms with van der Waals surface area (Å²) < 4.78 is 5.31. The Kier molecular flexibility index (Phi) is 5.52. The molecule has 0 aliphatic carbocycles. The second kappa shape index (κ2) is 7.81. The van der Waals surface area contributed by atoms with Crippen LogP contribution in [-0.2, 0) is 9.53 Å². The molecule has 24 heavy (non-hydrogen) atoms. The van der Waals surface area contributed by atoms with Gasteiger partial charge in [0, 0.05) is 25.0 Å². The normalized spacial score (nSPS) is 16.2. The number of aromatic nitrogens is 2. The second-order valence-electron chi connectivity index (χ2n) is 5.60. The molecule has 1 fully saturated rings. The summed E-state index contributed by atoms with van der Waals surface area (Å²) >= 11 is 1.41. The van der Waals surface area contributed by atoms with Gasteiger partial charge in [0.15, 0.2) is 5.16 Å². The van der Waals surface area contributed by atoms with Crippen LogP contribution in [-0.4, -0.2) is 58.9 Å². The number of hydrogen-bond acceptors (Lipinski definition) is 6. The standard InChI is InChI=1S/C17H22N4O2S/c1-3-18-15-13-6-4-5-7-14(13)19-17(20-15)24-12(2)16(22)21-8-10-23-11-9-21/h4-7,12H,3,8-11H2,1-2H3,(H,18,19,20)/t12-/m1/s1. The third kappa shape index (κ3) is 3.79. The third-order valence-electron chi connectivity index (χ3n) is 3.88. The number of hydrogen-bond donors (Lipinski definition) is 1. The molecule has 1 aromatic carbocycles. The van der Waals surface area contributed by atoms with E-state index >= 15 is 0 Å². The Bertz CT molecular complexity index is 719. The fourth-order valence-corrected chi connectivity index (χ4v) is 3.52. The lowest BCUT2D eigenvalue weighted by Gasteiger charge is -2.28. The molecule has 1 saturated heterocycles. The molecule has 6 nitrogen and oxygen atoms in total. The highest BCUT2D eigenvalue weighted by Crippen LogP contribution is 2.27. The molecule has 1 atom stereocenters. The Morgan fingerprint density at radius 3 is 2.83 bits per heavy atom. The number of benzene rings is 1. The molecule has 0 radical (unpaired) electrons. The minimum absolute atomic E-state index is 0.116. The number of amides is 1. The van der Waals surface area contributed by atoms with Gasteiger partial charge in [0.05, 0.1) is 24.0 Å². The lowest BCUT2D eigenvalue weighted by atomic mass is 10.2. The molecule has 2 heterocycles. The lowest BCUT2D eigenvalue weighted by molar-refractivity contribution is -0.134. The number of carbonyl (C=O) groups excluding carboxylic acids is 1. The SMILES string of the molecule is CCNc1nc(S[C@H](C)C(=O)N2CCOCC2)nc2ccccc12. The highest BCUT2D eigenvalue weighted by molar-refractivity contribution is 8.00. The van der Waals surface area contributed by atoms with Crippen LogP contribution >= 0.6 is 11.8 Å². The van der Waals surface area contributed by atoms with E-state index in [4.69, 9.17) is 4.74 Å². The summed E-state index contributed by atoms with van der Waals surface area (Å²) in [5.74, 6) is 0.932. The van der Waals surface area contributed by atoms with Gasteiger partial charge in [0.1, 0.15) is 5.82 Å². The molecule has 0 saturated carbocycles. The summed E-state index contributed by atoms with van der Waals surface area (Å²) in [6.45, 7) is 7.27.